The van der Waals surface area contributed by atoms with E-state index in [-0.39, 0.29) is 0 Å². The van der Waals surface area contributed by atoms with Crippen LogP contribution < -0.4 is 5.32 Å². The summed E-state index contributed by atoms with van der Waals surface area (Å²) in [5.74, 6) is 0.859. The van der Waals surface area contributed by atoms with Crippen molar-refractivity contribution >= 4 is 0 Å². The number of nitrogens with one attached hydrogen (secondary N) is 1. The van der Waals surface area contributed by atoms with Gasteiger partial charge in [-0.1, -0.05) is 6.07 Å². The zero-order valence-corrected chi connectivity index (χ0v) is 11.7. The highest BCUT2D eigenvalue weighted by molar-refractivity contribution is 5.04. The van der Waals surface area contributed by atoms with Crippen LogP contribution in [-0.2, 0) is 6.42 Å². The zero-order valence-electron chi connectivity index (χ0n) is 11.7. The highest BCUT2D eigenvalue weighted by Gasteiger charge is 2.30. The van der Waals surface area contributed by atoms with Gasteiger partial charge < -0.3 is 5.32 Å². The molecule has 0 aromatic carbocycles. The molecule has 3 nitrogen and oxygen atoms in total. The summed E-state index contributed by atoms with van der Waals surface area (Å²) in [7, 11) is 0. The Morgan fingerprint density at radius 3 is 2.89 bits per heavy atom. The maximum absolute atomic E-state index is 4.44. The largest absolute Gasteiger partial charge is 0.316 e. The van der Waals surface area contributed by atoms with Crippen molar-refractivity contribution in [2.45, 2.75) is 38.1 Å². The van der Waals surface area contributed by atoms with Gasteiger partial charge in [-0.15, -0.1) is 0 Å². The maximum Gasteiger partial charge on any atom is 0.0416 e. The molecule has 2 fully saturated rings. The molecule has 3 rings (SSSR count). The third-order valence-electron chi connectivity index (χ3n) is 4.34. The minimum Gasteiger partial charge on any atom is -0.316 e. The number of piperidine rings is 1. The maximum atomic E-state index is 4.44. The standard InChI is InChI=1S/C16H25N3/c1-2-10-18-15(5-1)8-11-19(16-6-7-16)13-14-4-3-9-17-12-14/h1-2,5,10,14,16-17H,3-4,6-9,11-13H2. The Hall–Kier alpha value is -0.930. The average molecular weight is 259 g/mol. The fraction of sp³-hybridized carbons (Fsp3) is 0.688. The van der Waals surface area contributed by atoms with Crippen molar-refractivity contribution < 1.29 is 0 Å². The minimum atomic E-state index is 0.859. The number of hydrogen-bond acceptors (Lipinski definition) is 3. The van der Waals surface area contributed by atoms with E-state index in [4.69, 9.17) is 0 Å². The third kappa shape index (κ3) is 4.02. The molecule has 0 amide bonds. The normalized spacial score (nSPS) is 23.7. The number of rotatable bonds is 6. The summed E-state index contributed by atoms with van der Waals surface area (Å²) in [6.45, 7) is 4.89. The van der Waals surface area contributed by atoms with Crippen LogP contribution in [-0.4, -0.2) is 42.1 Å². The highest BCUT2D eigenvalue weighted by atomic mass is 15.2. The second-order valence-corrected chi connectivity index (χ2v) is 6.01. The van der Waals surface area contributed by atoms with Gasteiger partial charge in [-0.25, -0.2) is 0 Å². The molecule has 3 heteroatoms. The first kappa shape index (κ1) is 13.1. The highest BCUT2D eigenvalue weighted by Crippen LogP contribution is 2.28. The van der Waals surface area contributed by atoms with Crippen LogP contribution in [0.2, 0.25) is 0 Å². The van der Waals surface area contributed by atoms with Gasteiger partial charge in [-0.3, -0.25) is 9.88 Å². The van der Waals surface area contributed by atoms with Crippen LogP contribution in [0.15, 0.2) is 24.4 Å². The van der Waals surface area contributed by atoms with Crippen molar-refractivity contribution in [3.63, 3.8) is 0 Å². The molecule has 0 spiro atoms. The molecule has 0 radical (unpaired) electrons. The van der Waals surface area contributed by atoms with Gasteiger partial charge in [0.25, 0.3) is 0 Å². The van der Waals surface area contributed by atoms with E-state index in [0.717, 1.165) is 18.4 Å². The summed E-state index contributed by atoms with van der Waals surface area (Å²) in [5, 5.41) is 3.53. The van der Waals surface area contributed by atoms with Crippen molar-refractivity contribution in [3.8, 4) is 0 Å². The molecule has 1 saturated heterocycles. The Morgan fingerprint density at radius 1 is 1.26 bits per heavy atom. The average Bonchev–Trinajstić information content (AvgIpc) is 3.30. The van der Waals surface area contributed by atoms with E-state index >= 15 is 0 Å². The van der Waals surface area contributed by atoms with E-state index in [1.54, 1.807) is 0 Å². The lowest BCUT2D eigenvalue weighted by molar-refractivity contribution is 0.201. The van der Waals surface area contributed by atoms with E-state index in [0.29, 0.717) is 0 Å². The lowest BCUT2D eigenvalue weighted by Crippen LogP contribution is -2.40. The summed E-state index contributed by atoms with van der Waals surface area (Å²) in [6, 6.07) is 7.10. The molecular formula is C16H25N3. The first-order valence-electron chi connectivity index (χ1n) is 7.76. The van der Waals surface area contributed by atoms with Gasteiger partial charge in [0.05, 0.1) is 0 Å². The van der Waals surface area contributed by atoms with Gasteiger partial charge in [0.2, 0.25) is 0 Å². The Labute approximate surface area is 116 Å². The second kappa shape index (κ2) is 6.49. The van der Waals surface area contributed by atoms with Crippen LogP contribution >= 0.6 is 0 Å². The molecule has 104 valence electrons. The third-order valence-corrected chi connectivity index (χ3v) is 4.34. The Balaban J connectivity index is 1.49. The minimum absolute atomic E-state index is 0.859. The van der Waals surface area contributed by atoms with E-state index in [9.17, 15) is 0 Å². The second-order valence-electron chi connectivity index (χ2n) is 6.01. The monoisotopic (exact) mass is 259 g/mol. The lowest BCUT2D eigenvalue weighted by atomic mass is 9.99. The number of aromatic nitrogens is 1. The Bertz CT molecular complexity index is 369. The van der Waals surface area contributed by atoms with E-state index in [2.05, 4.69) is 27.3 Å². The van der Waals surface area contributed by atoms with Gasteiger partial charge in [-0.05, 0) is 56.8 Å². The number of pyridine rings is 1. The fourth-order valence-corrected chi connectivity index (χ4v) is 3.08. The van der Waals surface area contributed by atoms with Crippen LogP contribution in [0.4, 0.5) is 0 Å². The van der Waals surface area contributed by atoms with Gasteiger partial charge in [-0.2, -0.15) is 0 Å². The van der Waals surface area contributed by atoms with Crippen molar-refractivity contribution in [2.24, 2.45) is 5.92 Å². The van der Waals surface area contributed by atoms with Crippen molar-refractivity contribution in [3.05, 3.63) is 30.1 Å². The summed E-state index contributed by atoms with van der Waals surface area (Å²) in [5.41, 5.74) is 1.23. The molecule has 0 bridgehead atoms. The first-order chi connectivity index (χ1) is 9.42. The number of hydrogen-bond donors (Lipinski definition) is 1. The first-order valence-corrected chi connectivity index (χ1v) is 7.76. The van der Waals surface area contributed by atoms with Crippen molar-refractivity contribution in [1.82, 2.24) is 15.2 Å². The topological polar surface area (TPSA) is 28.2 Å². The van der Waals surface area contributed by atoms with Crippen LogP contribution in [0.25, 0.3) is 0 Å². The summed E-state index contributed by atoms with van der Waals surface area (Å²) in [4.78, 5) is 7.15. The fourth-order valence-electron chi connectivity index (χ4n) is 3.08. The SMILES string of the molecule is c1ccc(CCN(CC2CCCNC2)C2CC2)nc1. The molecule has 1 aliphatic carbocycles. The number of nitrogens with zero attached hydrogens (tertiary/aromatic N) is 2. The van der Waals surface area contributed by atoms with E-state index in [1.807, 2.05) is 12.3 Å². The van der Waals surface area contributed by atoms with E-state index in [1.165, 1.54) is 57.6 Å². The van der Waals surface area contributed by atoms with Gasteiger partial charge in [0, 0.05) is 37.4 Å². The van der Waals surface area contributed by atoms with Gasteiger partial charge in [0.1, 0.15) is 0 Å². The molecule has 2 aliphatic rings. The smallest absolute Gasteiger partial charge is 0.0416 e. The van der Waals surface area contributed by atoms with Gasteiger partial charge in [0.15, 0.2) is 0 Å². The molecule has 1 N–H and O–H groups in total. The van der Waals surface area contributed by atoms with Crippen molar-refractivity contribution in [2.75, 3.05) is 26.2 Å². The van der Waals surface area contributed by atoms with Crippen LogP contribution in [0.1, 0.15) is 31.4 Å². The van der Waals surface area contributed by atoms with Crippen LogP contribution in [0.3, 0.4) is 0 Å². The molecular weight excluding hydrogens is 234 g/mol. The van der Waals surface area contributed by atoms with Gasteiger partial charge >= 0.3 is 0 Å². The molecule has 1 atom stereocenters. The van der Waals surface area contributed by atoms with Crippen molar-refractivity contribution in [1.29, 1.82) is 0 Å². The predicted octanol–water partition coefficient (Wildman–Crippen LogP) is 2.09. The summed E-state index contributed by atoms with van der Waals surface area (Å²) < 4.78 is 0. The molecule has 1 aromatic heterocycles. The summed E-state index contributed by atoms with van der Waals surface area (Å²) >= 11 is 0. The molecule has 1 saturated carbocycles. The predicted molar refractivity (Wildman–Crippen MR) is 78.1 cm³/mol. The quantitative estimate of drug-likeness (QED) is 0.848. The zero-order chi connectivity index (χ0) is 12.9. The molecule has 1 aliphatic heterocycles. The molecule has 2 heterocycles. The Kier molecular flexibility index (Phi) is 4.46. The lowest BCUT2D eigenvalue weighted by Gasteiger charge is -2.30. The summed E-state index contributed by atoms with van der Waals surface area (Å²) in [6.07, 6.45) is 8.56. The molecule has 19 heavy (non-hydrogen) atoms. The Morgan fingerprint density at radius 2 is 2.21 bits per heavy atom. The van der Waals surface area contributed by atoms with E-state index < -0.39 is 0 Å². The molecule has 1 unspecified atom stereocenters. The molecule has 1 aromatic rings. The van der Waals surface area contributed by atoms with Crippen LogP contribution in [0.5, 0.6) is 0 Å². The van der Waals surface area contributed by atoms with Crippen LogP contribution in [0, 0.1) is 5.92 Å².